The Morgan fingerprint density at radius 3 is 2.74 bits per heavy atom. The summed E-state index contributed by atoms with van der Waals surface area (Å²) in [6, 6.07) is 0. The van der Waals surface area contributed by atoms with Crippen molar-refractivity contribution in [2.24, 2.45) is 0 Å². The van der Waals surface area contributed by atoms with Gasteiger partial charge in [0.1, 0.15) is 5.01 Å². The van der Waals surface area contributed by atoms with E-state index in [1.807, 2.05) is 0 Å². The molecule has 3 nitrogen and oxygen atoms in total. The summed E-state index contributed by atoms with van der Waals surface area (Å²) in [6.45, 7) is 8.20. The summed E-state index contributed by atoms with van der Waals surface area (Å²) in [5.41, 5.74) is 1.11. The number of unbranched alkanes of at least 4 members (excludes halogenated alkanes) is 3. The number of rotatable bonds is 10. The summed E-state index contributed by atoms with van der Waals surface area (Å²) in [5, 5.41) is 6.97. The van der Waals surface area contributed by atoms with Gasteiger partial charge in [-0.2, -0.15) is 0 Å². The standard InChI is InChI=1S/C15H28N2OS/c1-5-6-7-8-9-15(3,16-10-11-18-4)14-17-13(2)12-19-14/h12,16H,5-11H2,1-4H3. The second-order valence-corrected chi connectivity index (χ2v) is 6.21. The molecule has 0 radical (unpaired) electrons. The first kappa shape index (κ1) is 16.6. The lowest BCUT2D eigenvalue weighted by molar-refractivity contribution is 0.183. The Hall–Kier alpha value is -0.450. The van der Waals surface area contributed by atoms with E-state index in [9.17, 15) is 0 Å². The smallest absolute Gasteiger partial charge is 0.113 e. The van der Waals surface area contributed by atoms with E-state index >= 15 is 0 Å². The fraction of sp³-hybridized carbons (Fsp3) is 0.800. The number of ether oxygens (including phenoxy) is 1. The van der Waals surface area contributed by atoms with Crippen molar-refractivity contribution in [3.8, 4) is 0 Å². The zero-order chi connectivity index (χ0) is 14.1. The quantitative estimate of drug-likeness (QED) is 0.662. The number of thiazole rings is 1. The van der Waals surface area contributed by atoms with E-state index in [4.69, 9.17) is 4.74 Å². The summed E-state index contributed by atoms with van der Waals surface area (Å²) in [6.07, 6.45) is 6.31. The van der Waals surface area contributed by atoms with Gasteiger partial charge in [0.05, 0.1) is 12.1 Å². The third kappa shape index (κ3) is 5.59. The van der Waals surface area contributed by atoms with Crippen LogP contribution in [0.2, 0.25) is 0 Å². The van der Waals surface area contributed by atoms with Crippen LogP contribution in [-0.4, -0.2) is 25.2 Å². The predicted molar refractivity (Wildman–Crippen MR) is 82.8 cm³/mol. The van der Waals surface area contributed by atoms with Crippen molar-refractivity contribution in [1.29, 1.82) is 0 Å². The Bertz CT molecular complexity index is 354. The molecule has 0 amide bonds. The van der Waals surface area contributed by atoms with Crippen molar-refractivity contribution in [3.05, 3.63) is 16.1 Å². The SMILES string of the molecule is CCCCCCC(C)(NCCOC)c1nc(C)cs1. The summed E-state index contributed by atoms with van der Waals surface area (Å²) in [7, 11) is 1.74. The van der Waals surface area contributed by atoms with Crippen molar-refractivity contribution in [2.45, 2.75) is 58.4 Å². The van der Waals surface area contributed by atoms with Crippen molar-refractivity contribution in [2.75, 3.05) is 20.3 Å². The summed E-state index contributed by atoms with van der Waals surface area (Å²) >= 11 is 1.76. The minimum atomic E-state index is -0.00873. The third-order valence-electron chi connectivity index (χ3n) is 3.44. The maximum absolute atomic E-state index is 5.14. The molecule has 110 valence electrons. The molecule has 1 aromatic rings. The fourth-order valence-corrected chi connectivity index (χ4v) is 3.18. The highest BCUT2D eigenvalue weighted by Gasteiger charge is 2.28. The molecule has 1 heterocycles. The molecular formula is C15H28N2OS. The lowest BCUT2D eigenvalue weighted by Gasteiger charge is -2.29. The van der Waals surface area contributed by atoms with Gasteiger partial charge in [0.2, 0.25) is 0 Å². The molecule has 19 heavy (non-hydrogen) atoms. The first-order valence-corrected chi connectivity index (χ1v) is 8.17. The Morgan fingerprint density at radius 2 is 2.16 bits per heavy atom. The first-order chi connectivity index (χ1) is 9.12. The number of methoxy groups -OCH3 is 1. The van der Waals surface area contributed by atoms with Gasteiger partial charge >= 0.3 is 0 Å². The van der Waals surface area contributed by atoms with E-state index in [0.717, 1.165) is 25.3 Å². The molecule has 0 aliphatic rings. The van der Waals surface area contributed by atoms with Gasteiger partial charge in [0, 0.05) is 24.7 Å². The Kier molecular flexibility index (Phi) is 7.57. The minimum Gasteiger partial charge on any atom is -0.383 e. The van der Waals surface area contributed by atoms with Crippen LogP contribution in [0, 0.1) is 6.92 Å². The number of hydrogen-bond acceptors (Lipinski definition) is 4. The van der Waals surface area contributed by atoms with Crippen LogP contribution >= 0.6 is 11.3 Å². The lowest BCUT2D eigenvalue weighted by atomic mass is 9.94. The van der Waals surface area contributed by atoms with E-state index in [2.05, 4.69) is 36.5 Å². The monoisotopic (exact) mass is 284 g/mol. The zero-order valence-electron chi connectivity index (χ0n) is 12.8. The molecule has 0 aromatic carbocycles. The van der Waals surface area contributed by atoms with Gasteiger partial charge in [0.15, 0.2) is 0 Å². The molecule has 0 aliphatic carbocycles. The molecule has 0 saturated carbocycles. The van der Waals surface area contributed by atoms with E-state index in [0.29, 0.717) is 0 Å². The molecule has 1 unspecified atom stereocenters. The van der Waals surface area contributed by atoms with Crippen LogP contribution in [0.25, 0.3) is 0 Å². The van der Waals surface area contributed by atoms with Crippen LogP contribution in [0.3, 0.4) is 0 Å². The first-order valence-electron chi connectivity index (χ1n) is 7.29. The van der Waals surface area contributed by atoms with Crippen LogP contribution in [0.5, 0.6) is 0 Å². The molecule has 0 spiro atoms. The van der Waals surface area contributed by atoms with Crippen molar-refractivity contribution >= 4 is 11.3 Å². The summed E-state index contributed by atoms with van der Waals surface area (Å²) in [4.78, 5) is 4.68. The highest BCUT2D eigenvalue weighted by molar-refractivity contribution is 7.09. The van der Waals surface area contributed by atoms with Crippen LogP contribution in [0.4, 0.5) is 0 Å². The highest BCUT2D eigenvalue weighted by atomic mass is 32.1. The van der Waals surface area contributed by atoms with Gasteiger partial charge in [-0.05, 0) is 20.3 Å². The van der Waals surface area contributed by atoms with Gasteiger partial charge in [0.25, 0.3) is 0 Å². The summed E-state index contributed by atoms with van der Waals surface area (Å²) < 4.78 is 5.14. The normalized spacial score (nSPS) is 14.5. The average Bonchev–Trinajstić information content (AvgIpc) is 2.82. The van der Waals surface area contributed by atoms with Gasteiger partial charge in [-0.15, -0.1) is 11.3 Å². The van der Waals surface area contributed by atoms with Crippen molar-refractivity contribution < 1.29 is 4.74 Å². The van der Waals surface area contributed by atoms with E-state index in [1.54, 1.807) is 18.4 Å². The average molecular weight is 284 g/mol. The van der Waals surface area contributed by atoms with Crippen LogP contribution in [-0.2, 0) is 10.3 Å². The molecule has 0 bridgehead atoms. The number of nitrogens with one attached hydrogen (secondary N) is 1. The maximum Gasteiger partial charge on any atom is 0.113 e. The molecule has 1 rings (SSSR count). The van der Waals surface area contributed by atoms with E-state index in [1.165, 1.54) is 30.7 Å². The van der Waals surface area contributed by atoms with Gasteiger partial charge < -0.3 is 10.1 Å². The van der Waals surface area contributed by atoms with E-state index < -0.39 is 0 Å². The molecule has 1 aromatic heterocycles. The third-order valence-corrected chi connectivity index (χ3v) is 4.67. The highest BCUT2D eigenvalue weighted by Crippen LogP contribution is 2.29. The van der Waals surface area contributed by atoms with Gasteiger partial charge in [-0.3, -0.25) is 0 Å². The Morgan fingerprint density at radius 1 is 1.37 bits per heavy atom. The zero-order valence-corrected chi connectivity index (χ0v) is 13.6. The topological polar surface area (TPSA) is 34.1 Å². The molecule has 1 N–H and O–H groups in total. The molecular weight excluding hydrogens is 256 g/mol. The van der Waals surface area contributed by atoms with Gasteiger partial charge in [-0.1, -0.05) is 32.6 Å². The fourth-order valence-electron chi connectivity index (χ4n) is 2.21. The largest absolute Gasteiger partial charge is 0.383 e. The molecule has 0 aliphatic heterocycles. The van der Waals surface area contributed by atoms with Crippen molar-refractivity contribution in [3.63, 3.8) is 0 Å². The number of aryl methyl sites for hydroxylation is 1. The second-order valence-electron chi connectivity index (χ2n) is 5.36. The van der Waals surface area contributed by atoms with Gasteiger partial charge in [-0.25, -0.2) is 4.98 Å². The summed E-state index contributed by atoms with van der Waals surface area (Å²) in [5.74, 6) is 0. The predicted octanol–water partition coefficient (Wildman–Crippen LogP) is 3.87. The minimum absolute atomic E-state index is 0.00873. The molecule has 0 fully saturated rings. The number of nitrogens with zero attached hydrogens (tertiary/aromatic N) is 1. The lowest BCUT2D eigenvalue weighted by Crippen LogP contribution is -2.41. The number of hydrogen-bond donors (Lipinski definition) is 1. The Labute approximate surface area is 121 Å². The Balaban J connectivity index is 2.60. The van der Waals surface area contributed by atoms with Crippen molar-refractivity contribution in [1.82, 2.24) is 10.3 Å². The molecule has 4 heteroatoms. The molecule has 0 saturated heterocycles. The van der Waals surface area contributed by atoms with E-state index in [-0.39, 0.29) is 5.54 Å². The van der Waals surface area contributed by atoms with Crippen LogP contribution in [0.1, 0.15) is 56.7 Å². The second kappa shape index (κ2) is 8.67. The maximum atomic E-state index is 5.14. The van der Waals surface area contributed by atoms with Crippen LogP contribution in [0.15, 0.2) is 5.38 Å². The van der Waals surface area contributed by atoms with Crippen LogP contribution < -0.4 is 5.32 Å². The molecule has 1 atom stereocenters. The number of aromatic nitrogens is 1.